The molecule has 2 N–H and O–H groups in total. The maximum Gasteiger partial charge on any atom is 0.262 e. The molecule has 2 rings (SSSR count). The predicted molar refractivity (Wildman–Crippen MR) is 99.6 cm³/mol. The smallest absolute Gasteiger partial charge is 0.262 e. The number of carbonyl (C=O) groups is 2. The van der Waals surface area contributed by atoms with Crippen LogP contribution in [0.4, 0.5) is 0 Å². The van der Waals surface area contributed by atoms with Crippen LogP contribution in [-0.4, -0.2) is 24.1 Å². The van der Waals surface area contributed by atoms with Gasteiger partial charge in [0.25, 0.3) is 11.8 Å². The van der Waals surface area contributed by atoms with Crippen LogP contribution >= 0.6 is 0 Å². The quantitative estimate of drug-likeness (QED) is 0.628. The van der Waals surface area contributed by atoms with E-state index < -0.39 is 6.04 Å². The largest absolute Gasteiger partial charge is 0.340 e. The lowest BCUT2D eigenvalue weighted by Gasteiger charge is -2.12. The molecule has 0 heterocycles. The predicted octanol–water partition coefficient (Wildman–Crippen LogP) is 3.08. The molecule has 25 heavy (non-hydrogen) atoms. The Morgan fingerprint density at radius 1 is 0.960 bits per heavy atom. The molecule has 0 fully saturated rings. The Hall–Kier alpha value is -2.95. The van der Waals surface area contributed by atoms with Crippen LogP contribution in [0, 0.1) is 0 Å². The lowest BCUT2D eigenvalue weighted by atomic mass is 10.0. The second kappa shape index (κ2) is 8.78. The Bertz CT molecular complexity index is 737. The second-order valence-electron chi connectivity index (χ2n) is 6.12. The van der Waals surface area contributed by atoms with Gasteiger partial charge in [-0.25, -0.2) is 5.43 Å². The van der Waals surface area contributed by atoms with Gasteiger partial charge < -0.3 is 5.32 Å². The summed E-state index contributed by atoms with van der Waals surface area (Å²) in [6, 6.07) is 16.0. The van der Waals surface area contributed by atoms with Crippen LogP contribution in [0.25, 0.3) is 0 Å². The highest BCUT2D eigenvalue weighted by atomic mass is 16.2. The average Bonchev–Trinajstić information content (AvgIpc) is 2.62. The van der Waals surface area contributed by atoms with Crippen molar-refractivity contribution in [2.24, 2.45) is 5.10 Å². The van der Waals surface area contributed by atoms with Crippen LogP contribution in [0.15, 0.2) is 59.7 Å². The van der Waals surface area contributed by atoms with E-state index in [1.807, 2.05) is 30.3 Å². The topological polar surface area (TPSA) is 70.6 Å². The van der Waals surface area contributed by atoms with E-state index in [-0.39, 0.29) is 11.8 Å². The molecule has 0 spiro atoms. The van der Waals surface area contributed by atoms with Crippen LogP contribution in [0.5, 0.6) is 0 Å². The molecule has 0 bridgehead atoms. The van der Waals surface area contributed by atoms with E-state index in [2.05, 4.69) is 29.7 Å². The highest BCUT2D eigenvalue weighted by Crippen LogP contribution is 2.13. The monoisotopic (exact) mass is 337 g/mol. The highest BCUT2D eigenvalue weighted by molar-refractivity contribution is 5.97. The summed E-state index contributed by atoms with van der Waals surface area (Å²) in [7, 11) is 0. The van der Waals surface area contributed by atoms with E-state index in [9.17, 15) is 9.59 Å². The van der Waals surface area contributed by atoms with Crippen molar-refractivity contribution in [3.63, 3.8) is 0 Å². The normalized spacial score (nSPS) is 12.2. The average molecular weight is 337 g/mol. The summed E-state index contributed by atoms with van der Waals surface area (Å²) in [5.41, 5.74) is 5.09. The van der Waals surface area contributed by atoms with E-state index in [0.717, 1.165) is 5.56 Å². The van der Waals surface area contributed by atoms with Crippen molar-refractivity contribution in [3.8, 4) is 0 Å². The fourth-order valence-corrected chi connectivity index (χ4v) is 2.17. The van der Waals surface area contributed by atoms with Crippen LogP contribution in [0.3, 0.4) is 0 Å². The number of benzene rings is 2. The molecule has 2 aromatic rings. The van der Waals surface area contributed by atoms with Gasteiger partial charge in [-0.05, 0) is 36.1 Å². The minimum absolute atomic E-state index is 0.295. The van der Waals surface area contributed by atoms with Gasteiger partial charge in [-0.1, -0.05) is 56.3 Å². The summed E-state index contributed by atoms with van der Waals surface area (Å²) < 4.78 is 0. The third-order valence-electron chi connectivity index (χ3n) is 3.77. The van der Waals surface area contributed by atoms with Gasteiger partial charge in [0.2, 0.25) is 0 Å². The van der Waals surface area contributed by atoms with Gasteiger partial charge >= 0.3 is 0 Å². The zero-order chi connectivity index (χ0) is 18.2. The Morgan fingerprint density at radius 2 is 1.60 bits per heavy atom. The zero-order valence-corrected chi connectivity index (χ0v) is 14.7. The number of hydrogen-bond donors (Lipinski definition) is 2. The summed E-state index contributed by atoms with van der Waals surface area (Å²) >= 11 is 0. The Balaban J connectivity index is 1.85. The molecule has 130 valence electrons. The molecule has 5 heteroatoms. The number of hydrogen-bond acceptors (Lipinski definition) is 3. The van der Waals surface area contributed by atoms with Crippen LogP contribution in [0.1, 0.15) is 48.2 Å². The van der Waals surface area contributed by atoms with E-state index >= 15 is 0 Å². The third kappa shape index (κ3) is 5.57. The minimum atomic E-state index is -0.687. The first-order valence-electron chi connectivity index (χ1n) is 8.26. The van der Waals surface area contributed by atoms with Gasteiger partial charge in [-0.15, -0.1) is 0 Å². The molecule has 0 saturated carbocycles. The number of nitrogens with zero attached hydrogens (tertiary/aromatic N) is 1. The molecule has 1 atom stereocenters. The number of hydrazone groups is 1. The molecule has 5 nitrogen and oxygen atoms in total. The SMILES string of the molecule is CC(C)c1ccc(/C=N\NC(=O)[C@@H](C)NC(=O)c2ccccc2)cc1. The van der Waals surface area contributed by atoms with Gasteiger partial charge in [0.15, 0.2) is 0 Å². The number of rotatable bonds is 6. The molecule has 0 saturated heterocycles. The lowest BCUT2D eigenvalue weighted by Crippen LogP contribution is -2.43. The molecular weight excluding hydrogens is 314 g/mol. The molecule has 0 aliphatic heterocycles. The summed E-state index contributed by atoms with van der Waals surface area (Å²) in [6.07, 6.45) is 1.58. The minimum Gasteiger partial charge on any atom is -0.340 e. The molecule has 0 aliphatic rings. The second-order valence-corrected chi connectivity index (χ2v) is 6.12. The fraction of sp³-hybridized carbons (Fsp3) is 0.250. The zero-order valence-electron chi connectivity index (χ0n) is 14.7. The van der Waals surface area contributed by atoms with Crippen molar-refractivity contribution >= 4 is 18.0 Å². The number of amides is 2. The first-order chi connectivity index (χ1) is 12.0. The molecule has 0 unspecified atom stereocenters. The Kier molecular flexibility index (Phi) is 6.46. The van der Waals surface area contributed by atoms with E-state index in [1.54, 1.807) is 37.4 Å². The standard InChI is InChI=1S/C20H23N3O2/c1-14(2)17-11-9-16(10-12-17)13-21-23-19(24)15(3)22-20(25)18-7-5-4-6-8-18/h4-15H,1-3H3,(H,22,25)(H,23,24)/b21-13-/t15-/m1/s1. The third-order valence-corrected chi connectivity index (χ3v) is 3.77. The van der Waals surface area contributed by atoms with Crippen molar-refractivity contribution in [1.82, 2.24) is 10.7 Å². The number of carbonyl (C=O) groups excluding carboxylic acids is 2. The van der Waals surface area contributed by atoms with Crippen molar-refractivity contribution in [2.75, 3.05) is 0 Å². The first kappa shape index (κ1) is 18.4. The summed E-state index contributed by atoms with van der Waals surface area (Å²) in [4.78, 5) is 24.0. The molecule has 0 aromatic heterocycles. The molecule has 2 aromatic carbocycles. The number of nitrogens with one attached hydrogen (secondary N) is 2. The van der Waals surface area contributed by atoms with Crippen molar-refractivity contribution in [3.05, 3.63) is 71.3 Å². The molecule has 2 amide bonds. The maximum absolute atomic E-state index is 12.0. The van der Waals surface area contributed by atoms with Gasteiger partial charge in [0.05, 0.1) is 6.21 Å². The van der Waals surface area contributed by atoms with Crippen molar-refractivity contribution in [1.29, 1.82) is 0 Å². The van der Waals surface area contributed by atoms with E-state index in [0.29, 0.717) is 11.5 Å². The van der Waals surface area contributed by atoms with E-state index in [1.165, 1.54) is 5.56 Å². The summed E-state index contributed by atoms with van der Waals surface area (Å²) in [6.45, 7) is 5.88. The fourth-order valence-electron chi connectivity index (χ4n) is 2.17. The Morgan fingerprint density at radius 3 is 2.20 bits per heavy atom. The van der Waals surface area contributed by atoms with Gasteiger partial charge in [0, 0.05) is 5.56 Å². The van der Waals surface area contributed by atoms with Crippen LogP contribution in [0.2, 0.25) is 0 Å². The molecule has 0 radical (unpaired) electrons. The van der Waals surface area contributed by atoms with Crippen molar-refractivity contribution in [2.45, 2.75) is 32.7 Å². The lowest BCUT2D eigenvalue weighted by molar-refractivity contribution is -0.122. The maximum atomic E-state index is 12.0. The van der Waals surface area contributed by atoms with Crippen LogP contribution in [-0.2, 0) is 4.79 Å². The van der Waals surface area contributed by atoms with Gasteiger partial charge in [-0.3, -0.25) is 9.59 Å². The molecular formula is C20H23N3O2. The van der Waals surface area contributed by atoms with Crippen LogP contribution < -0.4 is 10.7 Å². The van der Waals surface area contributed by atoms with Crippen molar-refractivity contribution < 1.29 is 9.59 Å². The Labute approximate surface area is 148 Å². The van der Waals surface area contributed by atoms with E-state index in [4.69, 9.17) is 0 Å². The first-order valence-corrected chi connectivity index (χ1v) is 8.26. The van der Waals surface area contributed by atoms with Gasteiger partial charge in [0.1, 0.15) is 6.04 Å². The van der Waals surface area contributed by atoms with Gasteiger partial charge in [-0.2, -0.15) is 5.10 Å². The summed E-state index contributed by atoms with van der Waals surface area (Å²) in [5, 5.41) is 6.58. The highest BCUT2D eigenvalue weighted by Gasteiger charge is 2.15. The summed E-state index contributed by atoms with van der Waals surface area (Å²) in [5.74, 6) is -0.199. The molecule has 0 aliphatic carbocycles.